The summed E-state index contributed by atoms with van der Waals surface area (Å²) in [5.41, 5.74) is 2.93. The third-order valence-electron chi connectivity index (χ3n) is 6.92. The van der Waals surface area contributed by atoms with E-state index in [0.29, 0.717) is 27.7 Å². The Bertz CT molecular complexity index is 1430. The molecule has 41 heavy (non-hydrogen) atoms. The molecule has 0 heterocycles. The van der Waals surface area contributed by atoms with Crippen LogP contribution in [0, 0.1) is 0 Å². The lowest BCUT2D eigenvalue weighted by Crippen LogP contribution is -2.54. The first-order chi connectivity index (χ1) is 19.4. The summed E-state index contributed by atoms with van der Waals surface area (Å²) >= 11 is 12.4. The second-order valence-electron chi connectivity index (χ2n) is 10.1. The fraction of sp³-hybridized carbons (Fsp3) is 0.355. The van der Waals surface area contributed by atoms with Gasteiger partial charge >= 0.3 is 0 Å². The van der Waals surface area contributed by atoms with Gasteiger partial charge in [-0.2, -0.15) is 0 Å². The van der Waals surface area contributed by atoms with Crippen molar-refractivity contribution in [3.05, 3.63) is 99.5 Å². The second-order valence-corrected chi connectivity index (χ2v) is 12.8. The zero-order valence-electron chi connectivity index (χ0n) is 23.8. The van der Waals surface area contributed by atoms with Gasteiger partial charge in [-0.05, 0) is 60.7 Å². The lowest BCUT2D eigenvalue weighted by molar-refractivity contribution is -0.140. The molecule has 3 aromatic rings. The van der Waals surface area contributed by atoms with E-state index in [1.54, 1.807) is 30.3 Å². The predicted octanol–water partition coefficient (Wildman–Crippen LogP) is 5.88. The van der Waals surface area contributed by atoms with Crippen LogP contribution in [0.4, 0.5) is 5.69 Å². The van der Waals surface area contributed by atoms with Crippen LogP contribution in [0.15, 0.2) is 72.8 Å². The highest BCUT2D eigenvalue weighted by Crippen LogP contribution is 2.25. The van der Waals surface area contributed by atoms with E-state index in [0.717, 1.165) is 28.1 Å². The van der Waals surface area contributed by atoms with Crippen molar-refractivity contribution in [3.8, 4) is 0 Å². The molecular weight excluding hydrogens is 581 g/mol. The monoisotopic (exact) mass is 617 g/mol. The van der Waals surface area contributed by atoms with E-state index in [2.05, 4.69) is 5.32 Å². The van der Waals surface area contributed by atoms with Crippen LogP contribution >= 0.6 is 23.2 Å². The van der Waals surface area contributed by atoms with Crippen molar-refractivity contribution in [2.75, 3.05) is 17.1 Å². The Morgan fingerprint density at radius 1 is 0.878 bits per heavy atom. The number of amides is 2. The molecule has 3 rings (SSSR count). The van der Waals surface area contributed by atoms with Gasteiger partial charge in [-0.3, -0.25) is 13.9 Å². The van der Waals surface area contributed by atoms with Gasteiger partial charge in [0, 0.05) is 19.0 Å². The van der Waals surface area contributed by atoms with Crippen molar-refractivity contribution in [2.45, 2.75) is 58.7 Å². The number of sulfonamides is 1. The molecule has 3 aromatic carbocycles. The van der Waals surface area contributed by atoms with E-state index >= 15 is 0 Å². The minimum absolute atomic E-state index is 0.0214. The highest BCUT2D eigenvalue weighted by Gasteiger charge is 2.33. The minimum Gasteiger partial charge on any atom is -0.352 e. The number of hydrogen-bond donors (Lipinski definition) is 1. The summed E-state index contributed by atoms with van der Waals surface area (Å²) in [5, 5.41) is 3.68. The smallest absolute Gasteiger partial charge is 0.244 e. The van der Waals surface area contributed by atoms with Crippen LogP contribution in [0.2, 0.25) is 10.0 Å². The molecule has 0 spiro atoms. The summed E-state index contributed by atoms with van der Waals surface area (Å²) in [5.74, 6) is -0.851. The summed E-state index contributed by atoms with van der Waals surface area (Å²) in [6.07, 6.45) is 2.80. The molecule has 220 valence electrons. The third kappa shape index (κ3) is 9.21. The number of nitrogens with one attached hydrogen (secondary N) is 1. The molecular formula is C31H37Cl2N3O4S. The number of aryl methyl sites for hydroxylation is 1. The highest BCUT2D eigenvalue weighted by atomic mass is 35.5. The zero-order valence-corrected chi connectivity index (χ0v) is 26.1. The fourth-order valence-electron chi connectivity index (χ4n) is 4.34. The topological polar surface area (TPSA) is 86.8 Å². The molecule has 0 aromatic heterocycles. The van der Waals surface area contributed by atoms with Gasteiger partial charge in [0.25, 0.3) is 0 Å². The molecule has 0 aliphatic rings. The summed E-state index contributed by atoms with van der Waals surface area (Å²) < 4.78 is 26.9. The van der Waals surface area contributed by atoms with Crippen LogP contribution in [0.1, 0.15) is 43.9 Å². The maximum Gasteiger partial charge on any atom is 0.244 e. The molecule has 7 nitrogen and oxygen atoms in total. The predicted molar refractivity (Wildman–Crippen MR) is 167 cm³/mol. The van der Waals surface area contributed by atoms with E-state index in [4.69, 9.17) is 23.2 Å². The Balaban J connectivity index is 2.07. The molecule has 0 aliphatic carbocycles. The van der Waals surface area contributed by atoms with Gasteiger partial charge in [-0.15, -0.1) is 0 Å². The van der Waals surface area contributed by atoms with Crippen molar-refractivity contribution >= 4 is 50.7 Å². The SMILES string of the molecule is CCc1ccc(N(CC(=O)N(Cc2ccc(Cl)c(Cl)c2)C(Cc2ccccc2)C(=O)NC(C)CC)S(C)(=O)=O)cc1. The van der Waals surface area contributed by atoms with Gasteiger partial charge in [-0.25, -0.2) is 8.42 Å². The van der Waals surface area contributed by atoms with E-state index < -0.39 is 28.5 Å². The largest absolute Gasteiger partial charge is 0.352 e. The summed E-state index contributed by atoms with van der Waals surface area (Å²) in [7, 11) is -3.83. The first-order valence-corrected chi connectivity index (χ1v) is 16.2. The van der Waals surface area contributed by atoms with Crippen LogP contribution in [0.5, 0.6) is 0 Å². The maximum atomic E-state index is 14.1. The molecule has 1 N–H and O–H groups in total. The number of rotatable bonds is 13. The molecule has 0 bridgehead atoms. The van der Waals surface area contributed by atoms with E-state index in [1.807, 2.05) is 63.2 Å². The summed E-state index contributed by atoms with van der Waals surface area (Å²) in [6.45, 7) is 5.41. The molecule has 2 amide bonds. The van der Waals surface area contributed by atoms with Crippen molar-refractivity contribution in [3.63, 3.8) is 0 Å². The van der Waals surface area contributed by atoms with Crippen molar-refractivity contribution in [1.82, 2.24) is 10.2 Å². The molecule has 0 saturated carbocycles. The lowest BCUT2D eigenvalue weighted by atomic mass is 10.0. The van der Waals surface area contributed by atoms with Crippen LogP contribution in [-0.4, -0.2) is 50.0 Å². The van der Waals surface area contributed by atoms with Crippen molar-refractivity contribution in [1.29, 1.82) is 0 Å². The fourth-order valence-corrected chi connectivity index (χ4v) is 5.51. The Kier molecular flexibility index (Phi) is 11.6. The van der Waals surface area contributed by atoms with Gasteiger partial charge in [0.2, 0.25) is 21.8 Å². The first-order valence-electron chi connectivity index (χ1n) is 13.6. The number of carbonyl (C=O) groups excluding carboxylic acids is 2. The maximum absolute atomic E-state index is 14.1. The summed E-state index contributed by atoms with van der Waals surface area (Å²) in [6, 6.07) is 20.4. The highest BCUT2D eigenvalue weighted by molar-refractivity contribution is 7.92. The Morgan fingerprint density at radius 3 is 2.07 bits per heavy atom. The molecule has 10 heteroatoms. The Labute approximate surface area is 253 Å². The standard InChI is InChI=1S/C31H37Cl2N3O4S/c1-5-22(3)34-31(38)29(19-24-10-8-7-9-11-24)35(20-25-14-17-27(32)28(33)18-25)30(37)21-36(41(4,39)40)26-15-12-23(6-2)13-16-26/h7-18,22,29H,5-6,19-21H2,1-4H3,(H,34,38). The molecule has 0 fully saturated rings. The average molecular weight is 619 g/mol. The average Bonchev–Trinajstić information content (AvgIpc) is 2.95. The van der Waals surface area contributed by atoms with Gasteiger partial charge in [0.15, 0.2) is 0 Å². The van der Waals surface area contributed by atoms with E-state index in [9.17, 15) is 18.0 Å². The molecule has 0 saturated heterocycles. The van der Waals surface area contributed by atoms with E-state index in [-0.39, 0.29) is 24.9 Å². The number of halogens is 2. The number of nitrogens with zero attached hydrogens (tertiary/aromatic N) is 2. The van der Waals surface area contributed by atoms with Crippen LogP contribution in [0.3, 0.4) is 0 Å². The normalized spacial score (nSPS) is 12.8. The number of hydrogen-bond acceptors (Lipinski definition) is 4. The van der Waals surface area contributed by atoms with Crippen molar-refractivity contribution < 1.29 is 18.0 Å². The van der Waals surface area contributed by atoms with Gasteiger partial charge < -0.3 is 10.2 Å². The zero-order chi connectivity index (χ0) is 30.2. The van der Waals surface area contributed by atoms with Gasteiger partial charge in [0.1, 0.15) is 12.6 Å². The third-order valence-corrected chi connectivity index (χ3v) is 8.80. The van der Waals surface area contributed by atoms with Gasteiger partial charge in [-0.1, -0.05) is 85.6 Å². The Morgan fingerprint density at radius 2 is 1.51 bits per heavy atom. The minimum atomic E-state index is -3.83. The molecule has 0 radical (unpaired) electrons. The van der Waals surface area contributed by atoms with E-state index in [1.165, 1.54) is 4.90 Å². The second kappa shape index (κ2) is 14.7. The number of carbonyl (C=O) groups is 2. The van der Waals surface area contributed by atoms with Crippen LogP contribution in [-0.2, 0) is 39.0 Å². The van der Waals surface area contributed by atoms with Crippen LogP contribution < -0.4 is 9.62 Å². The number of anilines is 1. The summed E-state index contributed by atoms with van der Waals surface area (Å²) in [4.78, 5) is 29.3. The van der Waals surface area contributed by atoms with Crippen LogP contribution in [0.25, 0.3) is 0 Å². The molecule has 2 unspecified atom stereocenters. The quantitative estimate of drug-likeness (QED) is 0.260. The molecule has 0 aliphatic heterocycles. The van der Waals surface area contributed by atoms with Gasteiger partial charge in [0.05, 0.1) is 22.0 Å². The Hall–Kier alpha value is -3.07. The van der Waals surface area contributed by atoms with Crippen molar-refractivity contribution in [2.24, 2.45) is 0 Å². The number of benzene rings is 3. The first kappa shape index (κ1) is 32.4. The lowest BCUT2D eigenvalue weighted by Gasteiger charge is -2.34. The molecule has 2 atom stereocenters.